The minimum absolute atomic E-state index is 0.00769. The van der Waals surface area contributed by atoms with Crippen molar-refractivity contribution in [1.29, 1.82) is 0 Å². The minimum atomic E-state index is -3.51. The second-order valence-corrected chi connectivity index (χ2v) is 8.55. The Morgan fingerprint density at radius 3 is 2.70 bits per heavy atom. The molecule has 0 unspecified atom stereocenters. The third-order valence-electron chi connectivity index (χ3n) is 4.12. The molecule has 0 atom stereocenters. The van der Waals surface area contributed by atoms with E-state index in [0.29, 0.717) is 18.1 Å². The largest absolute Gasteiger partial charge is 0.493 e. The molecule has 3 aromatic rings. The summed E-state index contributed by atoms with van der Waals surface area (Å²) in [6, 6.07) is 2.19. The number of imidazole rings is 1. The van der Waals surface area contributed by atoms with Crippen LogP contribution in [0.4, 0.5) is 14.6 Å². The summed E-state index contributed by atoms with van der Waals surface area (Å²) in [5, 5.41) is 4.31. The van der Waals surface area contributed by atoms with E-state index in [9.17, 15) is 17.2 Å². The highest BCUT2D eigenvalue weighted by Crippen LogP contribution is 2.33. The summed E-state index contributed by atoms with van der Waals surface area (Å²) in [5.41, 5.74) is 0.260. The van der Waals surface area contributed by atoms with Gasteiger partial charge in [-0.1, -0.05) is 0 Å². The second kappa shape index (κ2) is 6.37. The number of fused-ring (bicyclic) bond motifs is 1. The molecule has 1 fully saturated rings. The standard InChI is InChI=1S/C15H12BrF2N5O3S/c1-26-11-6-12-19-7-10(13-8(17)5-9(18)14(16)20-13)23(12)21-15(11)22-3-2-4-27(22,24)25/h5-7H,2-4H2,1H3. The van der Waals surface area contributed by atoms with Crippen molar-refractivity contribution in [2.45, 2.75) is 6.42 Å². The van der Waals surface area contributed by atoms with Crippen LogP contribution in [0.25, 0.3) is 17.0 Å². The first kappa shape index (κ1) is 18.0. The lowest BCUT2D eigenvalue weighted by atomic mass is 10.3. The van der Waals surface area contributed by atoms with Crippen LogP contribution in [0.1, 0.15) is 6.42 Å². The van der Waals surface area contributed by atoms with Crippen LogP contribution < -0.4 is 9.04 Å². The van der Waals surface area contributed by atoms with E-state index < -0.39 is 21.7 Å². The molecule has 4 heterocycles. The van der Waals surface area contributed by atoms with E-state index in [1.807, 2.05) is 0 Å². The molecule has 1 saturated heterocycles. The summed E-state index contributed by atoms with van der Waals surface area (Å²) in [4.78, 5) is 8.00. The zero-order chi connectivity index (χ0) is 19.3. The molecular formula is C15H12BrF2N5O3S. The highest BCUT2D eigenvalue weighted by molar-refractivity contribution is 9.10. The maximum Gasteiger partial charge on any atom is 0.236 e. The number of rotatable bonds is 3. The van der Waals surface area contributed by atoms with Crippen LogP contribution in [0, 0.1) is 11.6 Å². The molecule has 0 saturated carbocycles. The molecule has 0 spiro atoms. The molecule has 8 nitrogen and oxygen atoms in total. The van der Waals surface area contributed by atoms with E-state index in [4.69, 9.17) is 4.74 Å². The number of hydrogen-bond acceptors (Lipinski definition) is 6. The van der Waals surface area contributed by atoms with Gasteiger partial charge in [-0.2, -0.15) is 0 Å². The summed E-state index contributed by atoms with van der Waals surface area (Å²) in [5.74, 6) is -1.44. The number of methoxy groups -OCH3 is 1. The van der Waals surface area contributed by atoms with Crippen molar-refractivity contribution in [3.05, 3.63) is 34.6 Å². The van der Waals surface area contributed by atoms with Crippen molar-refractivity contribution < 1.29 is 21.9 Å². The van der Waals surface area contributed by atoms with Gasteiger partial charge in [0.05, 0.1) is 19.1 Å². The summed E-state index contributed by atoms with van der Waals surface area (Å²) >= 11 is 2.93. The molecule has 1 aliphatic rings. The van der Waals surface area contributed by atoms with Gasteiger partial charge in [-0.3, -0.25) is 0 Å². The quantitative estimate of drug-likeness (QED) is 0.558. The first-order chi connectivity index (χ1) is 12.8. The summed E-state index contributed by atoms with van der Waals surface area (Å²) in [7, 11) is -2.12. The molecule has 3 aromatic heterocycles. The number of pyridine rings is 1. The average molecular weight is 460 g/mol. The highest BCUT2D eigenvalue weighted by Gasteiger charge is 2.32. The average Bonchev–Trinajstić information content (AvgIpc) is 3.19. The van der Waals surface area contributed by atoms with Crippen molar-refractivity contribution in [2.75, 3.05) is 23.7 Å². The third kappa shape index (κ3) is 2.92. The van der Waals surface area contributed by atoms with Crippen molar-refractivity contribution >= 4 is 37.4 Å². The number of nitrogens with zero attached hydrogens (tertiary/aromatic N) is 5. The Hall–Kier alpha value is -2.34. The highest BCUT2D eigenvalue weighted by atomic mass is 79.9. The second-order valence-electron chi connectivity index (χ2n) is 5.78. The van der Waals surface area contributed by atoms with Crippen LogP contribution in [0.3, 0.4) is 0 Å². The Morgan fingerprint density at radius 2 is 2.04 bits per heavy atom. The first-order valence-corrected chi connectivity index (χ1v) is 10.2. The van der Waals surface area contributed by atoms with Gasteiger partial charge in [0.25, 0.3) is 0 Å². The molecule has 0 radical (unpaired) electrons. The van der Waals surface area contributed by atoms with Crippen molar-refractivity contribution in [2.24, 2.45) is 0 Å². The Bertz CT molecular complexity index is 1170. The van der Waals surface area contributed by atoms with Crippen LogP contribution in [-0.4, -0.2) is 47.4 Å². The number of anilines is 1. The molecule has 1 aliphatic heterocycles. The van der Waals surface area contributed by atoms with Crippen LogP contribution in [0.2, 0.25) is 0 Å². The van der Waals surface area contributed by atoms with E-state index in [1.54, 1.807) is 0 Å². The summed E-state index contributed by atoms with van der Waals surface area (Å²) in [6.45, 7) is 0.260. The van der Waals surface area contributed by atoms with Crippen molar-refractivity contribution in [3.63, 3.8) is 0 Å². The molecule has 12 heteroatoms. The Labute approximate surface area is 161 Å². The van der Waals surface area contributed by atoms with E-state index in [2.05, 4.69) is 31.0 Å². The van der Waals surface area contributed by atoms with Crippen molar-refractivity contribution in [1.82, 2.24) is 19.6 Å². The SMILES string of the molecule is COc1cc2ncc(-c3nc(Br)c(F)cc3F)n2nc1N1CCCS1(=O)=O. The van der Waals surface area contributed by atoms with Gasteiger partial charge in [-0.25, -0.2) is 36.0 Å². The smallest absolute Gasteiger partial charge is 0.236 e. The van der Waals surface area contributed by atoms with Crippen LogP contribution in [0.5, 0.6) is 5.75 Å². The maximum absolute atomic E-state index is 14.3. The fraction of sp³-hybridized carbons (Fsp3) is 0.267. The normalized spacial score (nSPS) is 16.2. The lowest BCUT2D eigenvalue weighted by Crippen LogP contribution is -2.27. The van der Waals surface area contributed by atoms with Gasteiger partial charge in [0.2, 0.25) is 15.8 Å². The zero-order valence-corrected chi connectivity index (χ0v) is 16.3. The van der Waals surface area contributed by atoms with Gasteiger partial charge in [-0.15, -0.1) is 5.10 Å². The third-order valence-corrected chi connectivity index (χ3v) is 6.51. The van der Waals surface area contributed by atoms with Crippen LogP contribution in [0.15, 0.2) is 22.9 Å². The molecular weight excluding hydrogens is 448 g/mol. The lowest BCUT2D eigenvalue weighted by molar-refractivity contribution is 0.413. The van der Waals surface area contributed by atoms with E-state index in [-0.39, 0.29) is 39.9 Å². The van der Waals surface area contributed by atoms with Crippen LogP contribution >= 0.6 is 15.9 Å². The first-order valence-electron chi connectivity index (χ1n) is 7.77. The molecule has 0 aromatic carbocycles. The van der Waals surface area contributed by atoms with Gasteiger partial charge in [0.15, 0.2) is 23.0 Å². The summed E-state index contributed by atoms with van der Waals surface area (Å²) in [6.07, 6.45) is 1.78. The molecule has 142 valence electrons. The molecule has 0 bridgehead atoms. The lowest BCUT2D eigenvalue weighted by Gasteiger charge is -2.18. The number of ether oxygens (including phenoxy) is 1. The predicted molar refractivity (Wildman–Crippen MR) is 96.1 cm³/mol. The molecule has 27 heavy (non-hydrogen) atoms. The monoisotopic (exact) mass is 459 g/mol. The number of hydrogen-bond donors (Lipinski definition) is 0. The Morgan fingerprint density at radius 1 is 1.26 bits per heavy atom. The van der Waals surface area contributed by atoms with Crippen molar-refractivity contribution in [3.8, 4) is 17.1 Å². The fourth-order valence-electron chi connectivity index (χ4n) is 2.88. The molecule has 0 amide bonds. The van der Waals surface area contributed by atoms with Gasteiger partial charge in [0.1, 0.15) is 16.0 Å². The topological polar surface area (TPSA) is 89.7 Å². The van der Waals surface area contributed by atoms with E-state index in [0.717, 1.165) is 4.31 Å². The van der Waals surface area contributed by atoms with Gasteiger partial charge < -0.3 is 4.74 Å². The molecule has 4 rings (SSSR count). The number of halogens is 3. The van der Waals surface area contributed by atoms with Gasteiger partial charge >= 0.3 is 0 Å². The Balaban J connectivity index is 1.95. The van der Waals surface area contributed by atoms with Gasteiger partial charge in [0, 0.05) is 18.7 Å². The predicted octanol–water partition coefficient (Wildman–Crippen LogP) is 2.38. The van der Waals surface area contributed by atoms with Gasteiger partial charge in [-0.05, 0) is 22.4 Å². The van der Waals surface area contributed by atoms with E-state index >= 15 is 0 Å². The summed E-state index contributed by atoms with van der Waals surface area (Å²) < 4.78 is 59.8. The zero-order valence-electron chi connectivity index (χ0n) is 13.9. The maximum atomic E-state index is 14.3. The number of aromatic nitrogens is 4. The molecule has 0 N–H and O–H groups in total. The fourth-order valence-corrected chi connectivity index (χ4v) is 4.68. The minimum Gasteiger partial charge on any atom is -0.493 e. The Kier molecular flexibility index (Phi) is 4.26. The van der Waals surface area contributed by atoms with E-state index in [1.165, 1.54) is 23.9 Å². The molecule has 0 aliphatic carbocycles. The van der Waals surface area contributed by atoms with Crippen LogP contribution in [-0.2, 0) is 10.0 Å². The number of sulfonamides is 1.